The van der Waals surface area contributed by atoms with E-state index < -0.39 is 0 Å². The van der Waals surface area contributed by atoms with Gasteiger partial charge in [-0.2, -0.15) is 0 Å². The highest BCUT2D eigenvalue weighted by Crippen LogP contribution is 2.27. The molecular formula is C15H26O2. The summed E-state index contributed by atoms with van der Waals surface area (Å²) in [6.45, 7) is 5.79. The molecule has 1 aliphatic carbocycles. The first-order chi connectivity index (χ1) is 8.20. The summed E-state index contributed by atoms with van der Waals surface area (Å²) in [4.78, 5) is 11.1. The van der Waals surface area contributed by atoms with Crippen molar-refractivity contribution in [2.75, 3.05) is 6.61 Å². The van der Waals surface area contributed by atoms with Gasteiger partial charge in [-0.3, -0.25) is 0 Å². The summed E-state index contributed by atoms with van der Waals surface area (Å²) < 4.78 is 5.06. The van der Waals surface area contributed by atoms with Crippen molar-refractivity contribution >= 4 is 5.97 Å². The number of carbonyl (C=O) groups is 1. The Kier molecular flexibility index (Phi) is 6.99. The Morgan fingerprint density at radius 3 is 2.53 bits per heavy atom. The molecule has 1 saturated carbocycles. The van der Waals surface area contributed by atoms with Crippen molar-refractivity contribution in [2.45, 2.75) is 64.7 Å². The predicted molar refractivity (Wildman–Crippen MR) is 70.8 cm³/mol. The molecule has 1 fully saturated rings. The molecule has 2 heteroatoms. The second-order valence-electron chi connectivity index (χ2n) is 5.27. The summed E-state index contributed by atoms with van der Waals surface area (Å²) in [5, 5.41) is 0. The van der Waals surface area contributed by atoms with E-state index in [0.717, 1.165) is 12.3 Å². The second kappa shape index (κ2) is 8.32. The van der Waals surface area contributed by atoms with E-state index in [1.807, 2.05) is 0 Å². The zero-order valence-corrected chi connectivity index (χ0v) is 11.2. The Labute approximate surface area is 105 Å². The zero-order chi connectivity index (χ0) is 12.5. The van der Waals surface area contributed by atoms with E-state index in [1.54, 1.807) is 6.92 Å². The lowest BCUT2D eigenvalue weighted by molar-refractivity contribution is -0.139. The van der Waals surface area contributed by atoms with Crippen LogP contribution in [0.15, 0.2) is 12.2 Å². The van der Waals surface area contributed by atoms with Crippen molar-refractivity contribution < 1.29 is 9.53 Å². The Bertz CT molecular complexity index is 239. The number of hydrogen-bond acceptors (Lipinski definition) is 2. The average molecular weight is 238 g/mol. The standard InChI is InChI=1S/C15H26O2/c1-13(2)15(16)17-12-8-4-7-11-14-9-5-3-6-10-14/h14H,1,3-12H2,2H3. The van der Waals surface area contributed by atoms with E-state index in [0.29, 0.717) is 12.2 Å². The van der Waals surface area contributed by atoms with Gasteiger partial charge in [0.25, 0.3) is 0 Å². The number of ether oxygens (including phenoxy) is 1. The first kappa shape index (κ1) is 14.3. The maximum atomic E-state index is 11.1. The smallest absolute Gasteiger partial charge is 0.333 e. The van der Waals surface area contributed by atoms with Crippen LogP contribution in [-0.4, -0.2) is 12.6 Å². The van der Waals surface area contributed by atoms with Gasteiger partial charge in [0.2, 0.25) is 0 Å². The van der Waals surface area contributed by atoms with E-state index in [9.17, 15) is 4.79 Å². The van der Waals surface area contributed by atoms with Gasteiger partial charge in [-0.05, 0) is 19.3 Å². The molecule has 0 N–H and O–H groups in total. The van der Waals surface area contributed by atoms with Crippen molar-refractivity contribution in [2.24, 2.45) is 5.92 Å². The molecule has 0 aliphatic heterocycles. The van der Waals surface area contributed by atoms with Crippen LogP contribution in [0.2, 0.25) is 0 Å². The van der Waals surface area contributed by atoms with E-state index in [4.69, 9.17) is 4.74 Å². The van der Waals surface area contributed by atoms with Crippen molar-refractivity contribution in [1.82, 2.24) is 0 Å². The van der Waals surface area contributed by atoms with Crippen LogP contribution < -0.4 is 0 Å². The number of carbonyl (C=O) groups excluding carboxylic acids is 1. The highest BCUT2D eigenvalue weighted by Gasteiger charge is 2.12. The molecule has 0 unspecified atom stereocenters. The summed E-state index contributed by atoms with van der Waals surface area (Å²) in [6, 6.07) is 0. The van der Waals surface area contributed by atoms with Gasteiger partial charge in [-0.15, -0.1) is 0 Å². The van der Waals surface area contributed by atoms with Crippen molar-refractivity contribution in [3.63, 3.8) is 0 Å². The van der Waals surface area contributed by atoms with Crippen LogP contribution in [0.5, 0.6) is 0 Å². The summed E-state index contributed by atoms with van der Waals surface area (Å²) in [6.07, 6.45) is 12.0. The van der Waals surface area contributed by atoms with Gasteiger partial charge >= 0.3 is 5.97 Å². The van der Waals surface area contributed by atoms with Crippen molar-refractivity contribution in [1.29, 1.82) is 0 Å². The summed E-state index contributed by atoms with van der Waals surface area (Å²) in [5.74, 6) is 0.721. The van der Waals surface area contributed by atoms with Gasteiger partial charge in [0.1, 0.15) is 0 Å². The molecule has 0 aromatic rings. The summed E-state index contributed by atoms with van der Waals surface area (Å²) in [5.41, 5.74) is 0.493. The molecule has 0 spiro atoms. The van der Waals surface area contributed by atoms with Gasteiger partial charge in [0.05, 0.1) is 6.61 Å². The molecule has 98 valence electrons. The molecule has 0 aromatic carbocycles. The first-order valence-corrected chi connectivity index (χ1v) is 7.03. The van der Waals surface area contributed by atoms with Crippen LogP contribution in [0.1, 0.15) is 64.7 Å². The molecule has 0 bridgehead atoms. The van der Waals surface area contributed by atoms with Gasteiger partial charge in [0, 0.05) is 5.57 Å². The van der Waals surface area contributed by atoms with E-state index in [1.165, 1.54) is 51.4 Å². The highest BCUT2D eigenvalue weighted by molar-refractivity contribution is 5.86. The fraction of sp³-hybridized carbons (Fsp3) is 0.800. The Hall–Kier alpha value is -0.790. The lowest BCUT2D eigenvalue weighted by Gasteiger charge is -2.21. The van der Waals surface area contributed by atoms with E-state index in [-0.39, 0.29) is 5.97 Å². The van der Waals surface area contributed by atoms with Gasteiger partial charge in [0.15, 0.2) is 0 Å². The first-order valence-electron chi connectivity index (χ1n) is 7.03. The minimum Gasteiger partial charge on any atom is -0.462 e. The SMILES string of the molecule is C=C(C)C(=O)OCCCCCC1CCCCC1. The minimum atomic E-state index is -0.253. The third kappa shape index (κ3) is 6.50. The van der Waals surface area contributed by atoms with Gasteiger partial charge in [-0.25, -0.2) is 4.79 Å². The zero-order valence-electron chi connectivity index (χ0n) is 11.2. The van der Waals surface area contributed by atoms with Crippen molar-refractivity contribution in [3.8, 4) is 0 Å². The van der Waals surface area contributed by atoms with Crippen LogP contribution in [0.25, 0.3) is 0 Å². The number of unbranched alkanes of at least 4 members (excludes halogenated alkanes) is 2. The lowest BCUT2D eigenvalue weighted by atomic mass is 9.86. The maximum Gasteiger partial charge on any atom is 0.333 e. The summed E-state index contributed by atoms with van der Waals surface area (Å²) in [7, 11) is 0. The molecule has 0 heterocycles. The monoisotopic (exact) mass is 238 g/mol. The Morgan fingerprint density at radius 2 is 1.88 bits per heavy atom. The topological polar surface area (TPSA) is 26.3 Å². The lowest BCUT2D eigenvalue weighted by Crippen LogP contribution is -2.07. The molecule has 0 amide bonds. The quantitative estimate of drug-likeness (QED) is 0.376. The normalized spacial score (nSPS) is 16.8. The molecule has 1 aliphatic rings. The molecule has 1 rings (SSSR count). The van der Waals surface area contributed by atoms with Crippen molar-refractivity contribution in [3.05, 3.63) is 12.2 Å². The van der Waals surface area contributed by atoms with Gasteiger partial charge < -0.3 is 4.74 Å². The van der Waals surface area contributed by atoms with E-state index >= 15 is 0 Å². The molecule has 0 radical (unpaired) electrons. The predicted octanol–water partition coefficient (Wildman–Crippen LogP) is 4.25. The average Bonchev–Trinajstić information content (AvgIpc) is 2.34. The number of rotatable bonds is 7. The van der Waals surface area contributed by atoms with Crippen LogP contribution in [0, 0.1) is 5.92 Å². The number of esters is 1. The van der Waals surface area contributed by atoms with Crippen LogP contribution in [0.3, 0.4) is 0 Å². The molecule has 0 aromatic heterocycles. The van der Waals surface area contributed by atoms with E-state index in [2.05, 4.69) is 6.58 Å². The second-order valence-corrected chi connectivity index (χ2v) is 5.27. The van der Waals surface area contributed by atoms with Crippen LogP contribution in [0.4, 0.5) is 0 Å². The third-order valence-corrected chi connectivity index (χ3v) is 3.56. The van der Waals surface area contributed by atoms with Crippen LogP contribution in [-0.2, 0) is 9.53 Å². The molecular weight excluding hydrogens is 212 g/mol. The number of hydrogen-bond donors (Lipinski definition) is 0. The third-order valence-electron chi connectivity index (χ3n) is 3.56. The van der Waals surface area contributed by atoms with Gasteiger partial charge in [-0.1, -0.05) is 57.9 Å². The fourth-order valence-corrected chi connectivity index (χ4v) is 2.48. The molecule has 17 heavy (non-hydrogen) atoms. The minimum absolute atomic E-state index is 0.253. The Balaban J connectivity index is 1.90. The fourth-order valence-electron chi connectivity index (χ4n) is 2.48. The maximum absolute atomic E-state index is 11.1. The largest absolute Gasteiger partial charge is 0.462 e. The molecule has 0 saturated heterocycles. The molecule has 2 nitrogen and oxygen atoms in total. The van der Waals surface area contributed by atoms with Crippen LogP contribution >= 0.6 is 0 Å². The molecule has 0 atom stereocenters. The Morgan fingerprint density at radius 1 is 1.18 bits per heavy atom. The summed E-state index contributed by atoms with van der Waals surface area (Å²) >= 11 is 0. The highest BCUT2D eigenvalue weighted by atomic mass is 16.5.